The molecule has 0 spiro atoms. The van der Waals surface area contributed by atoms with Crippen molar-refractivity contribution in [2.75, 3.05) is 26.2 Å². The standard InChI is InChI=1S/C21H33N5S/c1-5-22-21(23-13-12-20-16-27-17(4)25-20)24-14-18-10-8-9-11-19(18)15-26(6-2)7-3/h8-11,16H,5-7,12-15H2,1-4H3,(H2,22,23,24). The van der Waals surface area contributed by atoms with Crippen LogP contribution in [0, 0.1) is 6.92 Å². The predicted octanol–water partition coefficient (Wildman–Crippen LogP) is 3.59. The van der Waals surface area contributed by atoms with Crippen molar-refractivity contribution in [3.05, 3.63) is 51.5 Å². The lowest BCUT2D eigenvalue weighted by atomic mass is 10.1. The molecule has 1 heterocycles. The predicted molar refractivity (Wildman–Crippen MR) is 116 cm³/mol. The van der Waals surface area contributed by atoms with E-state index in [0.29, 0.717) is 6.54 Å². The van der Waals surface area contributed by atoms with Crippen molar-refractivity contribution < 1.29 is 0 Å². The first-order valence-corrected chi connectivity index (χ1v) is 10.8. The normalized spacial score (nSPS) is 11.8. The minimum absolute atomic E-state index is 0.683. The highest BCUT2D eigenvalue weighted by atomic mass is 32.1. The van der Waals surface area contributed by atoms with Gasteiger partial charge in [0.2, 0.25) is 0 Å². The first-order chi connectivity index (χ1) is 13.2. The summed E-state index contributed by atoms with van der Waals surface area (Å²) in [6, 6.07) is 8.62. The zero-order chi connectivity index (χ0) is 19.5. The van der Waals surface area contributed by atoms with Gasteiger partial charge in [-0.05, 0) is 38.1 Å². The molecule has 2 N–H and O–H groups in total. The molecule has 0 aliphatic heterocycles. The van der Waals surface area contributed by atoms with Crippen molar-refractivity contribution >= 4 is 17.3 Å². The number of hydrogen-bond acceptors (Lipinski definition) is 4. The first kappa shape index (κ1) is 21.4. The lowest BCUT2D eigenvalue weighted by Gasteiger charge is -2.20. The molecule has 1 aromatic heterocycles. The van der Waals surface area contributed by atoms with E-state index < -0.39 is 0 Å². The average molecular weight is 388 g/mol. The molecule has 6 heteroatoms. The highest BCUT2D eigenvalue weighted by Gasteiger charge is 2.06. The molecule has 0 saturated heterocycles. The smallest absolute Gasteiger partial charge is 0.191 e. The molecule has 5 nitrogen and oxygen atoms in total. The molecule has 0 fully saturated rings. The largest absolute Gasteiger partial charge is 0.357 e. The third-order valence-electron chi connectivity index (χ3n) is 4.50. The molecule has 0 bridgehead atoms. The van der Waals surface area contributed by atoms with Crippen LogP contribution in [0.5, 0.6) is 0 Å². The van der Waals surface area contributed by atoms with Gasteiger partial charge in [0, 0.05) is 31.4 Å². The van der Waals surface area contributed by atoms with Gasteiger partial charge in [0.1, 0.15) is 0 Å². The van der Waals surface area contributed by atoms with Crippen molar-refractivity contribution in [2.45, 2.75) is 47.2 Å². The van der Waals surface area contributed by atoms with Gasteiger partial charge in [-0.15, -0.1) is 11.3 Å². The quantitative estimate of drug-likeness (QED) is 0.483. The van der Waals surface area contributed by atoms with Gasteiger partial charge >= 0.3 is 0 Å². The van der Waals surface area contributed by atoms with Gasteiger partial charge in [-0.2, -0.15) is 0 Å². The van der Waals surface area contributed by atoms with Crippen molar-refractivity contribution in [2.24, 2.45) is 4.99 Å². The summed E-state index contributed by atoms with van der Waals surface area (Å²) in [5, 5.41) is 10.0. The van der Waals surface area contributed by atoms with Crippen LogP contribution in [0.4, 0.5) is 0 Å². The van der Waals surface area contributed by atoms with E-state index in [9.17, 15) is 0 Å². The van der Waals surface area contributed by atoms with E-state index in [0.717, 1.165) is 55.8 Å². The lowest BCUT2D eigenvalue weighted by Crippen LogP contribution is -2.38. The van der Waals surface area contributed by atoms with Gasteiger partial charge in [0.15, 0.2) is 5.96 Å². The highest BCUT2D eigenvalue weighted by Crippen LogP contribution is 2.13. The van der Waals surface area contributed by atoms with E-state index in [1.165, 1.54) is 11.1 Å². The molecule has 2 aromatic rings. The number of rotatable bonds is 10. The topological polar surface area (TPSA) is 52.6 Å². The van der Waals surface area contributed by atoms with Gasteiger partial charge < -0.3 is 10.6 Å². The van der Waals surface area contributed by atoms with Gasteiger partial charge in [0.25, 0.3) is 0 Å². The van der Waals surface area contributed by atoms with Crippen LogP contribution in [0.15, 0.2) is 34.6 Å². The van der Waals surface area contributed by atoms with Crippen molar-refractivity contribution in [3.63, 3.8) is 0 Å². The van der Waals surface area contributed by atoms with Gasteiger partial charge in [0.05, 0.1) is 17.2 Å². The second-order valence-electron chi connectivity index (χ2n) is 6.46. The number of aromatic nitrogens is 1. The third kappa shape index (κ3) is 7.31. The van der Waals surface area contributed by atoms with Crippen LogP contribution in [0.25, 0.3) is 0 Å². The second-order valence-corrected chi connectivity index (χ2v) is 7.52. The molecule has 0 atom stereocenters. The average Bonchev–Trinajstić information content (AvgIpc) is 3.10. The summed E-state index contributed by atoms with van der Waals surface area (Å²) in [4.78, 5) is 11.7. The van der Waals surface area contributed by atoms with Crippen LogP contribution in [0.3, 0.4) is 0 Å². The van der Waals surface area contributed by atoms with Gasteiger partial charge in [-0.25, -0.2) is 9.98 Å². The molecule has 0 unspecified atom stereocenters. The van der Waals surface area contributed by atoms with Crippen LogP contribution in [0.1, 0.15) is 42.6 Å². The minimum Gasteiger partial charge on any atom is -0.357 e. The fourth-order valence-electron chi connectivity index (χ4n) is 2.89. The molecule has 1 aromatic carbocycles. The molecular weight excluding hydrogens is 354 g/mol. The Morgan fingerprint density at radius 2 is 1.85 bits per heavy atom. The second kappa shape index (κ2) is 11.7. The summed E-state index contributed by atoms with van der Waals surface area (Å²) in [5.41, 5.74) is 3.79. The SMILES string of the molecule is CCNC(=NCc1ccccc1CN(CC)CC)NCCc1csc(C)n1. The maximum atomic E-state index is 4.80. The number of thiazole rings is 1. The third-order valence-corrected chi connectivity index (χ3v) is 5.32. The van der Waals surface area contributed by atoms with Crippen LogP contribution in [-0.4, -0.2) is 42.0 Å². The number of hydrogen-bond donors (Lipinski definition) is 2. The van der Waals surface area contributed by atoms with Crippen molar-refractivity contribution in [3.8, 4) is 0 Å². The van der Waals surface area contributed by atoms with E-state index >= 15 is 0 Å². The number of aryl methyl sites for hydroxylation is 1. The lowest BCUT2D eigenvalue weighted by molar-refractivity contribution is 0.295. The fraction of sp³-hybridized carbons (Fsp3) is 0.524. The van der Waals surface area contributed by atoms with Gasteiger partial charge in [-0.1, -0.05) is 38.1 Å². The summed E-state index contributed by atoms with van der Waals surface area (Å²) < 4.78 is 0. The number of nitrogens with zero attached hydrogens (tertiary/aromatic N) is 3. The van der Waals surface area contributed by atoms with Crippen LogP contribution >= 0.6 is 11.3 Å². The van der Waals surface area contributed by atoms with Crippen LogP contribution in [-0.2, 0) is 19.5 Å². The fourth-order valence-corrected chi connectivity index (χ4v) is 3.54. The molecule has 2 rings (SSSR count). The van der Waals surface area contributed by atoms with E-state index in [1.807, 2.05) is 6.92 Å². The zero-order valence-corrected chi connectivity index (χ0v) is 17.9. The Morgan fingerprint density at radius 3 is 2.48 bits per heavy atom. The molecule has 148 valence electrons. The Morgan fingerprint density at radius 1 is 1.11 bits per heavy atom. The number of guanidine groups is 1. The van der Waals surface area contributed by atoms with E-state index in [4.69, 9.17) is 4.99 Å². The molecule has 0 aliphatic carbocycles. The summed E-state index contributed by atoms with van der Waals surface area (Å²) in [6.45, 7) is 14.0. The van der Waals surface area contributed by atoms with Crippen molar-refractivity contribution in [1.82, 2.24) is 20.5 Å². The van der Waals surface area contributed by atoms with Gasteiger partial charge in [-0.3, -0.25) is 4.90 Å². The summed E-state index contributed by atoms with van der Waals surface area (Å²) in [6.07, 6.45) is 0.910. The number of benzene rings is 1. The summed E-state index contributed by atoms with van der Waals surface area (Å²) >= 11 is 1.70. The number of nitrogens with one attached hydrogen (secondary N) is 2. The van der Waals surface area contributed by atoms with E-state index in [2.05, 4.69) is 70.9 Å². The summed E-state index contributed by atoms with van der Waals surface area (Å²) in [7, 11) is 0. The number of aliphatic imine (C=N–C) groups is 1. The Hall–Kier alpha value is -1.92. The Bertz CT molecular complexity index is 706. The molecule has 0 aliphatic rings. The van der Waals surface area contributed by atoms with Crippen molar-refractivity contribution in [1.29, 1.82) is 0 Å². The molecule has 0 amide bonds. The molecule has 0 saturated carbocycles. The summed E-state index contributed by atoms with van der Waals surface area (Å²) in [5.74, 6) is 0.863. The Balaban J connectivity index is 1.97. The minimum atomic E-state index is 0.683. The Kier molecular flexibility index (Phi) is 9.28. The maximum absolute atomic E-state index is 4.80. The van der Waals surface area contributed by atoms with Crippen LogP contribution < -0.4 is 10.6 Å². The van der Waals surface area contributed by atoms with Crippen LogP contribution in [0.2, 0.25) is 0 Å². The first-order valence-electron chi connectivity index (χ1n) is 9.88. The zero-order valence-electron chi connectivity index (χ0n) is 17.1. The maximum Gasteiger partial charge on any atom is 0.191 e. The molecule has 27 heavy (non-hydrogen) atoms. The molecular formula is C21H33N5S. The Labute approximate surface area is 167 Å². The molecule has 0 radical (unpaired) electrons. The van der Waals surface area contributed by atoms with E-state index in [-0.39, 0.29) is 0 Å². The highest BCUT2D eigenvalue weighted by molar-refractivity contribution is 7.09. The monoisotopic (exact) mass is 387 g/mol. The van der Waals surface area contributed by atoms with E-state index in [1.54, 1.807) is 11.3 Å².